The first kappa shape index (κ1) is 12.2. The molecule has 0 fully saturated rings. The Bertz CT molecular complexity index is 270. The molecule has 0 spiro atoms. The van der Waals surface area contributed by atoms with Crippen LogP contribution in [0.15, 0.2) is 15.9 Å². The summed E-state index contributed by atoms with van der Waals surface area (Å²) in [5, 5.41) is 2.09. The molecule has 0 aromatic carbocycles. The summed E-state index contributed by atoms with van der Waals surface area (Å²) in [5.41, 5.74) is 0. The molecule has 0 N–H and O–H groups in total. The van der Waals surface area contributed by atoms with Crippen LogP contribution >= 0.6 is 27.3 Å². The molecule has 1 rings (SSSR count). The minimum Gasteiger partial charge on any atom is -0.373 e. The van der Waals surface area contributed by atoms with E-state index in [1.807, 2.05) is 0 Å². The van der Waals surface area contributed by atoms with Crippen LogP contribution in [-0.2, 0) is 11.3 Å². The SMILES string of the molecule is CC(C)CC(C)OCc1cc(Br)cs1. The molecule has 0 saturated heterocycles. The Labute approximate surface area is 98.6 Å². The lowest BCUT2D eigenvalue weighted by Gasteiger charge is -2.14. The van der Waals surface area contributed by atoms with Gasteiger partial charge in [-0.05, 0) is 41.3 Å². The molecule has 0 aliphatic rings. The third kappa shape index (κ3) is 4.58. The van der Waals surface area contributed by atoms with E-state index in [0.29, 0.717) is 12.0 Å². The minimum atomic E-state index is 0.357. The first-order valence-electron chi connectivity index (χ1n) is 4.92. The Kier molecular flexibility index (Phi) is 5.13. The van der Waals surface area contributed by atoms with Gasteiger partial charge in [0.25, 0.3) is 0 Å². The normalized spacial score (nSPS) is 13.5. The Hall–Kier alpha value is 0.140. The van der Waals surface area contributed by atoms with E-state index in [2.05, 4.69) is 48.1 Å². The molecule has 14 heavy (non-hydrogen) atoms. The molecule has 1 unspecified atom stereocenters. The van der Waals surface area contributed by atoms with Crippen LogP contribution in [0.4, 0.5) is 0 Å². The van der Waals surface area contributed by atoms with Crippen LogP contribution in [0, 0.1) is 5.92 Å². The molecule has 0 bridgehead atoms. The molecule has 3 heteroatoms. The van der Waals surface area contributed by atoms with Crippen LogP contribution in [0.2, 0.25) is 0 Å². The highest BCUT2D eigenvalue weighted by molar-refractivity contribution is 9.10. The van der Waals surface area contributed by atoms with Gasteiger partial charge in [0.2, 0.25) is 0 Å². The van der Waals surface area contributed by atoms with Crippen molar-refractivity contribution in [3.8, 4) is 0 Å². The van der Waals surface area contributed by atoms with Gasteiger partial charge in [-0.25, -0.2) is 0 Å². The summed E-state index contributed by atoms with van der Waals surface area (Å²) in [6, 6.07) is 2.12. The van der Waals surface area contributed by atoms with Crippen molar-refractivity contribution in [2.45, 2.75) is 39.9 Å². The second kappa shape index (κ2) is 5.89. The lowest BCUT2D eigenvalue weighted by molar-refractivity contribution is 0.0412. The Morgan fingerprint density at radius 1 is 1.43 bits per heavy atom. The number of hydrogen-bond acceptors (Lipinski definition) is 2. The molecule has 0 aliphatic carbocycles. The molecule has 0 saturated carbocycles. The third-order valence-corrected chi connectivity index (χ3v) is 3.61. The molecule has 1 aromatic heterocycles. The highest BCUT2D eigenvalue weighted by atomic mass is 79.9. The van der Waals surface area contributed by atoms with Crippen LogP contribution in [0.5, 0.6) is 0 Å². The predicted octanol–water partition coefficient (Wildman–Crippen LogP) is 4.46. The standard InChI is InChI=1S/C11H17BrOS/c1-8(2)4-9(3)13-6-11-5-10(12)7-14-11/h5,7-9H,4,6H2,1-3H3. The second-order valence-electron chi connectivity index (χ2n) is 3.98. The van der Waals surface area contributed by atoms with Crippen LogP contribution in [-0.4, -0.2) is 6.10 Å². The van der Waals surface area contributed by atoms with E-state index in [0.717, 1.165) is 17.5 Å². The summed E-state index contributed by atoms with van der Waals surface area (Å²) < 4.78 is 6.89. The van der Waals surface area contributed by atoms with Gasteiger partial charge < -0.3 is 4.74 Å². The van der Waals surface area contributed by atoms with Crippen molar-refractivity contribution in [3.63, 3.8) is 0 Å². The maximum Gasteiger partial charge on any atom is 0.0813 e. The fourth-order valence-corrected chi connectivity index (χ4v) is 2.76. The van der Waals surface area contributed by atoms with Gasteiger partial charge in [-0.3, -0.25) is 0 Å². The van der Waals surface area contributed by atoms with Crippen molar-refractivity contribution in [2.75, 3.05) is 0 Å². The molecule has 1 aromatic rings. The Morgan fingerprint density at radius 3 is 2.64 bits per heavy atom. The summed E-state index contributed by atoms with van der Waals surface area (Å²) in [4.78, 5) is 1.28. The zero-order chi connectivity index (χ0) is 10.6. The largest absolute Gasteiger partial charge is 0.373 e. The smallest absolute Gasteiger partial charge is 0.0813 e. The molecule has 1 nitrogen and oxygen atoms in total. The quantitative estimate of drug-likeness (QED) is 0.772. The van der Waals surface area contributed by atoms with Crippen molar-refractivity contribution in [1.82, 2.24) is 0 Å². The van der Waals surface area contributed by atoms with Crippen LogP contribution in [0.3, 0.4) is 0 Å². The van der Waals surface area contributed by atoms with Gasteiger partial charge in [-0.15, -0.1) is 11.3 Å². The minimum absolute atomic E-state index is 0.357. The van der Waals surface area contributed by atoms with Crippen molar-refractivity contribution in [1.29, 1.82) is 0 Å². The van der Waals surface area contributed by atoms with E-state index in [1.165, 1.54) is 4.88 Å². The number of ether oxygens (including phenoxy) is 1. The Morgan fingerprint density at radius 2 is 2.14 bits per heavy atom. The first-order chi connectivity index (χ1) is 6.58. The highest BCUT2D eigenvalue weighted by Gasteiger charge is 2.06. The summed E-state index contributed by atoms with van der Waals surface area (Å²) in [5.74, 6) is 0.708. The zero-order valence-electron chi connectivity index (χ0n) is 8.92. The van der Waals surface area contributed by atoms with Crippen molar-refractivity contribution >= 4 is 27.3 Å². The Balaban J connectivity index is 2.26. The molecule has 80 valence electrons. The van der Waals surface area contributed by atoms with Crippen molar-refractivity contribution in [2.24, 2.45) is 5.92 Å². The van der Waals surface area contributed by atoms with E-state index in [1.54, 1.807) is 11.3 Å². The van der Waals surface area contributed by atoms with E-state index in [4.69, 9.17) is 4.74 Å². The molecular weight excluding hydrogens is 260 g/mol. The van der Waals surface area contributed by atoms with Gasteiger partial charge in [0.15, 0.2) is 0 Å². The maximum atomic E-state index is 5.74. The molecule has 0 radical (unpaired) electrons. The van der Waals surface area contributed by atoms with Gasteiger partial charge in [-0.1, -0.05) is 13.8 Å². The summed E-state index contributed by atoms with van der Waals surface area (Å²) in [6.45, 7) is 7.33. The van der Waals surface area contributed by atoms with Crippen molar-refractivity contribution < 1.29 is 4.74 Å². The van der Waals surface area contributed by atoms with E-state index < -0.39 is 0 Å². The number of halogens is 1. The van der Waals surface area contributed by atoms with Crippen molar-refractivity contribution in [3.05, 3.63) is 20.8 Å². The van der Waals surface area contributed by atoms with E-state index in [9.17, 15) is 0 Å². The van der Waals surface area contributed by atoms with Crippen LogP contribution in [0.25, 0.3) is 0 Å². The van der Waals surface area contributed by atoms with Crippen LogP contribution in [0.1, 0.15) is 32.1 Å². The van der Waals surface area contributed by atoms with E-state index >= 15 is 0 Å². The predicted molar refractivity (Wildman–Crippen MR) is 65.7 cm³/mol. The van der Waals surface area contributed by atoms with Gasteiger partial charge in [0, 0.05) is 14.7 Å². The number of thiophene rings is 1. The average molecular weight is 277 g/mol. The number of rotatable bonds is 5. The fraction of sp³-hybridized carbons (Fsp3) is 0.636. The topological polar surface area (TPSA) is 9.23 Å². The maximum absolute atomic E-state index is 5.74. The summed E-state index contributed by atoms with van der Waals surface area (Å²) in [6.07, 6.45) is 1.49. The third-order valence-electron chi connectivity index (χ3n) is 1.94. The lowest BCUT2D eigenvalue weighted by Crippen LogP contribution is -2.10. The van der Waals surface area contributed by atoms with Gasteiger partial charge in [0.05, 0.1) is 12.7 Å². The second-order valence-corrected chi connectivity index (χ2v) is 5.89. The van der Waals surface area contributed by atoms with Crippen LogP contribution < -0.4 is 0 Å². The monoisotopic (exact) mass is 276 g/mol. The molecule has 0 aliphatic heterocycles. The van der Waals surface area contributed by atoms with Gasteiger partial charge in [-0.2, -0.15) is 0 Å². The average Bonchev–Trinajstić information content (AvgIpc) is 2.47. The van der Waals surface area contributed by atoms with Gasteiger partial charge in [0.1, 0.15) is 0 Å². The first-order valence-corrected chi connectivity index (χ1v) is 6.59. The van der Waals surface area contributed by atoms with Gasteiger partial charge >= 0.3 is 0 Å². The summed E-state index contributed by atoms with van der Waals surface area (Å²) >= 11 is 5.17. The molecular formula is C11H17BrOS. The number of hydrogen-bond donors (Lipinski definition) is 0. The fourth-order valence-electron chi connectivity index (χ4n) is 1.39. The lowest BCUT2D eigenvalue weighted by atomic mass is 10.1. The highest BCUT2D eigenvalue weighted by Crippen LogP contribution is 2.21. The molecule has 0 amide bonds. The zero-order valence-corrected chi connectivity index (χ0v) is 11.3. The molecule has 1 atom stereocenters. The molecule has 1 heterocycles. The van der Waals surface area contributed by atoms with E-state index in [-0.39, 0.29) is 0 Å². The summed E-state index contributed by atoms with van der Waals surface area (Å²) in [7, 11) is 0.